The molecular formula is C13H17ClO. The van der Waals surface area contributed by atoms with Gasteiger partial charge in [0, 0.05) is 10.9 Å². The van der Waals surface area contributed by atoms with Crippen LogP contribution >= 0.6 is 11.6 Å². The summed E-state index contributed by atoms with van der Waals surface area (Å²) < 4.78 is 0. The normalized spacial score (nSPS) is 13.6. The molecule has 0 aliphatic rings. The molecule has 0 aliphatic heterocycles. The quantitative estimate of drug-likeness (QED) is 0.715. The second-order valence-electron chi connectivity index (χ2n) is 4.94. The molecule has 0 saturated heterocycles. The Bertz CT molecular complexity index is 321. The van der Waals surface area contributed by atoms with Crippen molar-refractivity contribution >= 4 is 17.9 Å². The van der Waals surface area contributed by atoms with E-state index >= 15 is 0 Å². The van der Waals surface area contributed by atoms with E-state index in [1.54, 1.807) is 0 Å². The summed E-state index contributed by atoms with van der Waals surface area (Å²) in [6, 6.07) is 7.68. The predicted octanol–water partition coefficient (Wildman–Crippen LogP) is 3.74. The van der Waals surface area contributed by atoms with Crippen LogP contribution in [0.15, 0.2) is 24.3 Å². The van der Waals surface area contributed by atoms with E-state index in [4.69, 9.17) is 11.6 Å². The van der Waals surface area contributed by atoms with Gasteiger partial charge in [0.2, 0.25) is 0 Å². The fourth-order valence-corrected chi connectivity index (χ4v) is 1.56. The molecule has 15 heavy (non-hydrogen) atoms. The van der Waals surface area contributed by atoms with Gasteiger partial charge in [0.05, 0.1) is 0 Å². The number of carbonyl (C=O) groups excluding carboxylic acids is 1. The van der Waals surface area contributed by atoms with Crippen LogP contribution in [-0.2, 0) is 11.2 Å². The van der Waals surface area contributed by atoms with Crippen LogP contribution in [0.5, 0.6) is 0 Å². The summed E-state index contributed by atoms with van der Waals surface area (Å²) in [6.07, 6.45) is 1.83. The third-order valence-corrected chi connectivity index (χ3v) is 2.90. The van der Waals surface area contributed by atoms with Crippen LogP contribution < -0.4 is 0 Å². The number of aldehydes is 1. The smallest absolute Gasteiger partial charge is 0.123 e. The van der Waals surface area contributed by atoms with Crippen molar-refractivity contribution in [2.45, 2.75) is 27.2 Å². The number of benzene rings is 1. The number of halogens is 1. The highest BCUT2D eigenvalue weighted by atomic mass is 35.5. The first-order valence-corrected chi connectivity index (χ1v) is 5.51. The Balaban J connectivity index is 2.76. The molecule has 0 amide bonds. The lowest BCUT2D eigenvalue weighted by molar-refractivity contribution is -0.113. The second-order valence-corrected chi connectivity index (χ2v) is 5.38. The van der Waals surface area contributed by atoms with Crippen LogP contribution in [-0.4, -0.2) is 6.29 Å². The van der Waals surface area contributed by atoms with E-state index in [9.17, 15) is 4.79 Å². The number of rotatable bonds is 3. The molecule has 0 radical (unpaired) electrons. The lowest BCUT2D eigenvalue weighted by Gasteiger charge is -2.25. The van der Waals surface area contributed by atoms with Crippen molar-refractivity contribution in [3.63, 3.8) is 0 Å². The molecule has 0 spiro atoms. The fraction of sp³-hybridized carbons (Fsp3) is 0.462. The summed E-state index contributed by atoms with van der Waals surface area (Å²) >= 11 is 5.80. The molecule has 0 N–H and O–H groups in total. The maximum atomic E-state index is 11.0. The zero-order valence-electron chi connectivity index (χ0n) is 9.46. The van der Waals surface area contributed by atoms with Crippen molar-refractivity contribution in [3.05, 3.63) is 34.9 Å². The zero-order chi connectivity index (χ0) is 11.5. The predicted molar refractivity (Wildman–Crippen MR) is 64.2 cm³/mol. The van der Waals surface area contributed by atoms with Crippen molar-refractivity contribution in [1.82, 2.24) is 0 Å². The third kappa shape index (κ3) is 3.67. The summed E-state index contributed by atoms with van der Waals surface area (Å²) in [6.45, 7) is 6.26. The van der Waals surface area contributed by atoms with Crippen molar-refractivity contribution in [2.75, 3.05) is 0 Å². The molecule has 1 unspecified atom stereocenters. The van der Waals surface area contributed by atoms with Gasteiger partial charge in [-0.05, 0) is 29.5 Å². The monoisotopic (exact) mass is 224 g/mol. The van der Waals surface area contributed by atoms with E-state index < -0.39 is 0 Å². The summed E-state index contributed by atoms with van der Waals surface area (Å²) in [4.78, 5) is 11.0. The van der Waals surface area contributed by atoms with E-state index in [1.807, 2.05) is 24.3 Å². The molecule has 1 aromatic carbocycles. The van der Waals surface area contributed by atoms with Crippen LogP contribution in [0, 0.1) is 11.3 Å². The van der Waals surface area contributed by atoms with Crippen molar-refractivity contribution in [1.29, 1.82) is 0 Å². The Labute approximate surface area is 96.5 Å². The molecule has 0 fully saturated rings. The molecule has 1 atom stereocenters. The molecule has 1 rings (SSSR count). The average molecular weight is 225 g/mol. The standard InChI is InChI=1S/C13H17ClO/c1-13(2,3)11(9-15)8-10-4-6-12(14)7-5-10/h4-7,9,11H,8H2,1-3H3. The van der Waals surface area contributed by atoms with Crippen molar-refractivity contribution in [3.8, 4) is 0 Å². The van der Waals surface area contributed by atoms with Gasteiger partial charge in [0.15, 0.2) is 0 Å². The first-order valence-electron chi connectivity index (χ1n) is 5.13. The second kappa shape index (κ2) is 4.80. The van der Waals surface area contributed by atoms with Gasteiger partial charge in [-0.1, -0.05) is 44.5 Å². The van der Waals surface area contributed by atoms with Crippen LogP contribution in [0.4, 0.5) is 0 Å². The highest BCUT2D eigenvalue weighted by molar-refractivity contribution is 6.30. The average Bonchev–Trinajstić information content (AvgIpc) is 2.15. The minimum Gasteiger partial charge on any atom is -0.303 e. The first-order chi connectivity index (χ1) is 6.93. The molecule has 0 bridgehead atoms. The van der Waals surface area contributed by atoms with Gasteiger partial charge in [-0.25, -0.2) is 0 Å². The SMILES string of the molecule is CC(C)(C)C(C=O)Cc1ccc(Cl)cc1. The van der Waals surface area contributed by atoms with E-state index in [0.717, 1.165) is 23.3 Å². The van der Waals surface area contributed by atoms with Crippen LogP contribution in [0.2, 0.25) is 5.02 Å². The Morgan fingerprint density at radius 2 is 1.80 bits per heavy atom. The lowest BCUT2D eigenvalue weighted by Crippen LogP contribution is -2.23. The van der Waals surface area contributed by atoms with Gasteiger partial charge >= 0.3 is 0 Å². The molecule has 0 aromatic heterocycles. The van der Waals surface area contributed by atoms with E-state index in [2.05, 4.69) is 20.8 Å². The molecular weight excluding hydrogens is 208 g/mol. The zero-order valence-corrected chi connectivity index (χ0v) is 10.2. The van der Waals surface area contributed by atoms with Gasteiger partial charge in [0.25, 0.3) is 0 Å². The Morgan fingerprint density at radius 3 is 2.20 bits per heavy atom. The van der Waals surface area contributed by atoms with Gasteiger partial charge in [-0.3, -0.25) is 0 Å². The molecule has 0 saturated carbocycles. The van der Waals surface area contributed by atoms with Gasteiger partial charge < -0.3 is 4.79 Å². The number of hydrogen-bond acceptors (Lipinski definition) is 1. The molecule has 2 heteroatoms. The fourth-order valence-electron chi connectivity index (χ4n) is 1.43. The van der Waals surface area contributed by atoms with Crippen molar-refractivity contribution < 1.29 is 4.79 Å². The lowest BCUT2D eigenvalue weighted by atomic mass is 9.78. The maximum absolute atomic E-state index is 11.0. The van der Waals surface area contributed by atoms with Crippen LogP contribution in [0.25, 0.3) is 0 Å². The van der Waals surface area contributed by atoms with Crippen LogP contribution in [0.1, 0.15) is 26.3 Å². The van der Waals surface area contributed by atoms with E-state index in [-0.39, 0.29) is 11.3 Å². The van der Waals surface area contributed by atoms with Crippen LogP contribution in [0.3, 0.4) is 0 Å². The summed E-state index contributed by atoms with van der Waals surface area (Å²) in [5.41, 5.74) is 1.17. The number of carbonyl (C=O) groups is 1. The highest BCUT2D eigenvalue weighted by Crippen LogP contribution is 2.27. The molecule has 82 valence electrons. The largest absolute Gasteiger partial charge is 0.303 e. The Hall–Kier alpha value is -0.820. The minimum absolute atomic E-state index is 0.0153. The topological polar surface area (TPSA) is 17.1 Å². The summed E-state index contributed by atoms with van der Waals surface area (Å²) in [7, 11) is 0. The maximum Gasteiger partial charge on any atom is 0.123 e. The van der Waals surface area contributed by atoms with E-state index in [1.165, 1.54) is 0 Å². The highest BCUT2D eigenvalue weighted by Gasteiger charge is 2.23. The van der Waals surface area contributed by atoms with Crippen molar-refractivity contribution in [2.24, 2.45) is 11.3 Å². The van der Waals surface area contributed by atoms with Gasteiger partial charge in [-0.15, -0.1) is 0 Å². The third-order valence-electron chi connectivity index (χ3n) is 2.65. The minimum atomic E-state index is 0.0153. The molecule has 1 nitrogen and oxygen atoms in total. The Kier molecular flexibility index (Phi) is 3.92. The Morgan fingerprint density at radius 1 is 1.27 bits per heavy atom. The first kappa shape index (κ1) is 12.3. The number of hydrogen-bond donors (Lipinski definition) is 0. The van der Waals surface area contributed by atoms with Gasteiger partial charge in [0.1, 0.15) is 6.29 Å². The molecule has 0 aliphatic carbocycles. The summed E-state index contributed by atoms with van der Waals surface area (Å²) in [5, 5.41) is 0.733. The van der Waals surface area contributed by atoms with Gasteiger partial charge in [-0.2, -0.15) is 0 Å². The molecule has 1 aromatic rings. The van der Waals surface area contributed by atoms with E-state index in [0.29, 0.717) is 0 Å². The summed E-state index contributed by atoms with van der Waals surface area (Å²) in [5.74, 6) is 0.0543. The molecule has 0 heterocycles.